The molecule has 1 aliphatic heterocycles. The van der Waals surface area contributed by atoms with Crippen LogP contribution in [0.15, 0.2) is 24.3 Å². The molecule has 0 radical (unpaired) electrons. The molecule has 7 heteroatoms. The number of thiazole rings is 1. The van der Waals surface area contributed by atoms with Crippen molar-refractivity contribution < 1.29 is 23.8 Å². The Labute approximate surface area is 181 Å². The van der Waals surface area contributed by atoms with Crippen molar-refractivity contribution in [3.8, 4) is 11.3 Å². The zero-order valence-electron chi connectivity index (χ0n) is 18.0. The van der Waals surface area contributed by atoms with E-state index in [4.69, 9.17) is 19.2 Å². The first-order valence-corrected chi connectivity index (χ1v) is 11.1. The average molecular weight is 432 g/mol. The molecular weight excluding hydrogens is 402 g/mol. The van der Waals surface area contributed by atoms with Gasteiger partial charge in [-0.1, -0.05) is 18.2 Å². The molecule has 1 fully saturated rings. The fraction of sp³-hybridized carbons (Fsp3) is 0.522. The molecule has 0 N–H and O–H groups in total. The summed E-state index contributed by atoms with van der Waals surface area (Å²) in [7, 11) is 0. The van der Waals surface area contributed by atoms with Gasteiger partial charge in [0.2, 0.25) is 0 Å². The summed E-state index contributed by atoms with van der Waals surface area (Å²) in [5, 5.41) is 0.877. The third-order valence-corrected chi connectivity index (χ3v) is 5.50. The van der Waals surface area contributed by atoms with Gasteiger partial charge in [0.25, 0.3) is 0 Å². The van der Waals surface area contributed by atoms with E-state index < -0.39 is 11.6 Å². The molecule has 0 saturated carbocycles. The number of benzene rings is 1. The lowest BCUT2D eigenvalue weighted by atomic mass is 10.0. The topological polar surface area (TPSA) is 74.7 Å². The lowest BCUT2D eigenvalue weighted by Gasteiger charge is -2.22. The summed E-state index contributed by atoms with van der Waals surface area (Å²) in [5.41, 5.74) is 1.53. The fourth-order valence-corrected chi connectivity index (χ4v) is 4.12. The number of carbonyl (C=O) groups excluding carboxylic acids is 2. The molecule has 0 spiro atoms. The number of nitrogens with zero attached hydrogens (tertiary/aromatic N) is 1. The number of hydrogen-bond acceptors (Lipinski definition) is 7. The molecule has 1 aromatic carbocycles. The molecule has 2 heterocycles. The summed E-state index contributed by atoms with van der Waals surface area (Å²) in [5.74, 6) is -0.788. The first kappa shape index (κ1) is 22.6. The van der Waals surface area contributed by atoms with Gasteiger partial charge in [0.15, 0.2) is 12.1 Å². The average Bonchev–Trinajstić information content (AvgIpc) is 3.06. The number of esters is 1. The van der Waals surface area contributed by atoms with Crippen LogP contribution in [0.1, 0.15) is 66.7 Å². The van der Waals surface area contributed by atoms with Crippen molar-refractivity contribution in [2.24, 2.45) is 0 Å². The van der Waals surface area contributed by atoms with Crippen molar-refractivity contribution in [2.45, 2.75) is 71.9 Å². The monoisotopic (exact) mass is 431 g/mol. The van der Waals surface area contributed by atoms with Crippen molar-refractivity contribution in [1.29, 1.82) is 0 Å². The highest BCUT2D eigenvalue weighted by molar-refractivity contribution is 7.12. The van der Waals surface area contributed by atoms with Crippen molar-refractivity contribution in [2.75, 3.05) is 6.61 Å². The molecule has 1 saturated heterocycles. The Morgan fingerprint density at radius 3 is 2.77 bits per heavy atom. The van der Waals surface area contributed by atoms with Crippen molar-refractivity contribution >= 4 is 23.1 Å². The second-order valence-electron chi connectivity index (χ2n) is 8.39. The van der Waals surface area contributed by atoms with Crippen LogP contribution in [0.3, 0.4) is 0 Å². The summed E-state index contributed by atoms with van der Waals surface area (Å²) in [6.45, 7) is 8.50. The molecule has 1 aromatic heterocycles. The van der Waals surface area contributed by atoms with Crippen LogP contribution in [0.25, 0.3) is 11.3 Å². The van der Waals surface area contributed by atoms with Gasteiger partial charge in [0.05, 0.1) is 5.69 Å². The standard InChI is InChI=1S/C23H29NO5S/c1-15-22(24-19(30-15)14-28-21-10-5-6-11-27-21)17-9-7-8-16(12-17)18(25)13-20(26)29-23(2,3)4/h7-9,12,21H,5-6,10-11,13-14H2,1-4H3. The molecule has 0 aliphatic carbocycles. The van der Waals surface area contributed by atoms with Gasteiger partial charge in [-0.05, 0) is 53.0 Å². The van der Waals surface area contributed by atoms with E-state index in [1.54, 1.807) is 44.2 Å². The van der Waals surface area contributed by atoms with Gasteiger partial charge in [0.1, 0.15) is 23.6 Å². The summed E-state index contributed by atoms with van der Waals surface area (Å²) in [6, 6.07) is 7.22. The van der Waals surface area contributed by atoms with Crippen molar-refractivity contribution in [3.05, 3.63) is 39.7 Å². The molecule has 0 bridgehead atoms. The van der Waals surface area contributed by atoms with Gasteiger partial charge in [0, 0.05) is 22.6 Å². The number of Topliss-reactive ketones (excluding diaryl/α,β-unsaturated/α-hetero) is 1. The number of aryl methyl sites for hydroxylation is 1. The minimum absolute atomic E-state index is 0.153. The van der Waals surface area contributed by atoms with Gasteiger partial charge in [-0.15, -0.1) is 11.3 Å². The van der Waals surface area contributed by atoms with E-state index >= 15 is 0 Å². The van der Waals surface area contributed by atoms with E-state index in [0.717, 1.165) is 47.0 Å². The number of ketones is 1. The van der Waals surface area contributed by atoms with E-state index in [-0.39, 0.29) is 18.5 Å². The van der Waals surface area contributed by atoms with E-state index in [9.17, 15) is 9.59 Å². The van der Waals surface area contributed by atoms with Crippen LogP contribution >= 0.6 is 11.3 Å². The lowest BCUT2D eigenvalue weighted by Crippen LogP contribution is -2.25. The summed E-state index contributed by atoms with van der Waals surface area (Å²) < 4.78 is 16.7. The Balaban J connectivity index is 1.67. The lowest BCUT2D eigenvalue weighted by molar-refractivity contribution is -0.168. The second-order valence-corrected chi connectivity index (χ2v) is 9.67. The van der Waals surface area contributed by atoms with Gasteiger partial charge < -0.3 is 14.2 Å². The van der Waals surface area contributed by atoms with E-state index in [1.807, 2.05) is 19.1 Å². The SMILES string of the molecule is Cc1sc(COC2CCCCO2)nc1-c1cccc(C(=O)CC(=O)OC(C)(C)C)c1. The molecule has 6 nitrogen and oxygen atoms in total. The molecule has 1 unspecified atom stereocenters. The maximum Gasteiger partial charge on any atom is 0.314 e. The Kier molecular flexibility index (Phi) is 7.39. The van der Waals surface area contributed by atoms with E-state index in [2.05, 4.69) is 0 Å². The van der Waals surface area contributed by atoms with Crippen molar-refractivity contribution in [1.82, 2.24) is 4.98 Å². The largest absolute Gasteiger partial charge is 0.460 e. The predicted molar refractivity (Wildman–Crippen MR) is 115 cm³/mol. The van der Waals surface area contributed by atoms with Crippen LogP contribution < -0.4 is 0 Å². The second kappa shape index (κ2) is 9.81. The highest BCUT2D eigenvalue weighted by Gasteiger charge is 2.21. The number of carbonyl (C=O) groups is 2. The fourth-order valence-electron chi connectivity index (χ4n) is 3.24. The smallest absolute Gasteiger partial charge is 0.314 e. The van der Waals surface area contributed by atoms with Crippen LogP contribution in [0.4, 0.5) is 0 Å². The Hall–Kier alpha value is -2.09. The third-order valence-electron chi connectivity index (χ3n) is 4.55. The summed E-state index contributed by atoms with van der Waals surface area (Å²) in [6.07, 6.45) is 2.69. The Bertz CT molecular complexity index is 893. The van der Waals surface area contributed by atoms with Gasteiger partial charge in [-0.2, -0.15) is 0 Å². The van der Waals surface area contributed by atoms with E-state index in [0.29, 0.717) is 12.2 Å². The Morgan fingerprint density at radius 2 is 2.07 bits per heavy atom. The quantitative estimate of drug-likeness (QED) is 0.346. The number of ether oxygens (including phenoxy) is 3. The molecule has 0 amide bonds. The minimum atomic E-state index is -0.613. The summed E-state index contributed by atoms with van der Waals surface area (Å²) in [4.78, 5) is 30.3. The number of rotatable bonds is 7. The van der Waals surface area contributed by atoms with E-state index in [1.165, 1.54) is 0 Å². The van der Waals surface area contributed by atoms with Gasteiger partial charge in [-0.25, -0.2) is 4.98 Å². The maximum absolute atomic E-state index is 12.5. The van der Waals surface area contributed by atoms with Gasteiger partial charge >= 0.3 is 5.97 Å². The van der Waals surface area contributed by atoms with Crippen LogP contribution in [0.2, 0.25) is 0 Å². The van der Waals surface area contributed by atoms with Crippen LogP contribution in [-0.4, -0.2) is 35.2 Å². The molecule has 2 aromatic rings. The van der Waals surface area contributed by atoms with Crippen LogP contribution in [0, 0.1) is 6.92 Å². The maximum atomic E-state index is 12.5. The van der Waals surface area contributed by atoms with Crippen molar-refractivity contribution in [3.63, 3.8) is 0 Å². The minimum Gasteiger partial charge on any atom is -0.460 e. The van der Waals surface area contributed by atoms with Crippen LogP contribution in [0.5, 0.6) is 0 Å². The third kappa shape index (κ3) is 6.45. The molecule has 162 valence electrons. The number of aromatic nitrogens is 1. The number of hydrogen-bond donors (Lipinski definition) is 0. The van der Waals surface area contributed by atoms with Crippen LogP contribution in [-0.2, 0) is 25.6 Å². The first-order valence-electron chi connectivity index (χ1n) is 10.3. The predicted octanol–water partition coefficient (Wildman–Crippen LogP) is 5.08. The Morgan fingerprint density at radius 1 is 1.27 bits per heavy atom. The summed E-state index contributed by atoms with van der Waals surface area (Å²) >= 11 is 1.58. The molecule has 3 rings (SSSR count). The zero-order valence-corrected chi connectivity index (χ0v) is 18.8. The van der Waals surface area contributed by atoms with Gasteiger partial charge in [-0.3, -0.25) is 9.59 Å². The highest BCUT2D eigenvalue weighted by atomic mass is 32.1. The molecule has 1 aliphatic rings. The molecular formula is C23H29NO5S. The molecule has 30 heavy (non-hydrogen) atoms. The molecule has 1 atom stereocenters. The normalized spacial score (nSPS) is 17.0. The zero-order chi connectivity index (χ0) is 21.7. The highest BCUT2D eigenvalue weighted by Crippen LogP contribution is 2.29. The first-order chi connectivity index (χ1) is 14.2.